The first kappa shape index (κ1) is 24.8. The number of hydrogen-bond acceptors (Lipinski definition) is 8. The maximum absolute atomic E-state index is 13.1. The van der Waals surface area contributed by atoms with Crippen LogP contribution < -0.4 is 31.4 Å². The summed E-state index contributed by atoms with van der Waals surface area (Å²) >= 11 is 0. The van der Waals surface area contributed by atoms with Gasteiger partial charge in [0.1, 0.15) is 17.3 Å². The van der Waals surface area contributed by atoms with Gasteiger partial charge >= 0.3 is 23.7 Å². The number of nitrogens with zero attached hydrogens (tertiary/aromatic N) is 3. The van der Waals surface area contributed by atoms with Gasteiger partial charge in [-0.15, -0.1) is 0 Å². The highest BCUT2D eigenvalue weighted by Crippen LogP contribution is 2.37. The molecule has 3 aromatic rings. The van der Waals surface area contributed by atoms with Crippen LogP contribution in [-0.4, -0.2) is 32.3 Å². The van der Waals surface area contributed by atoms with Gasteiger partial charge in [0.25, 0.3) is 5.56 Å². The van der Waals surface area contributed by atoms with Crippen molar-refractivity contribution >= 4 is 35.2 Å². The quantitative estimate of drug-likeness (QED) is 0.409. The summed E-state index contributed by atoms with van der Waals surface area (Å²) in [6.07, 6.45) is -1.64. The van der Waals surface area contributed by atoms with Crippen LogP contribution in [0.2, 0.25) is 0 Å². The molecule has 0 fully saturated rings. The molecular weight excluding hydrogens is 460 g/mol. The topological polar surface area (TPSA) is 163 Å². The van der Waals surface area contributed by atoms with E-state index in [1.54, 1.807) is 30.3 Å². The predicted octanol–water partition coefficient (Wildman–Crippen LogP) is 2.09. The molecule has 1 amide bonds. The van der Waals surface area contributed by atoms with Crippen LogP contribution in [0.4, 0.5) is 22.0 Å². The Labute approximate surface area is 198 Å². The van der Waals surface area contributed by atoms with E-state index >= 15 is 0 Å². The van der Waals surface area contributed by atoms with Gasteiger partial charge in [-0.3, -0.25) is 19.0 Å². The number of aromatic nitrogens is 2. The lowest BCUT2D eigenvalue weighted by molar-refractivity contribution is -0.132. The van der Waals surface area contributed by atoms with Gasteiger partial charge < -0.3 is 20.3 Å². The molecule has 2 aromatic carbocycles. The minimum atomic E-state index is -1.64. The van der Waals surface area contributed by atoms with Crippen LogP contribution in [0.15, 0.2) is 52.1 Å². The van der Waals surface area contributed by atoms with Crippen molar-refractivity contribution in [1.29, 1.82) is 0 Å². The summed E-state index contributed by atoms with van der Waals surface area (Å²) in [6.45, 7) is 3.76. The van der Waals surface area contributed by atoms with Crippen LogP contribution in [0.1, 0.15) is 19.4 Å². The van der Waals surface area contributed by atoms with Crippen LogP contribution in [0.25, 0.3) is 5.69 Å². The minimum Gasteiger partial charge on any atom is -0.464 e. The number of benzene rings is 2. The molecule has 12 nitrogen and oxygen atoms in total. The van der Waals surface area contributed by atoms with Crippen molar-refractivity contribution in [2.24, 2.45) is 7.05 Å². The van der Waals surface area contributed by atoms with Crippen LogP contribution in [0.3, 0.4) is 0 Å². The third-order valence-electron chi connectivity index (χ3n) is 4.96. The van der Waals surface area contributed by atoms with Crippen LogP contribution in [0, 0.1) is 6.92 Å². The summed E-state index contributed by atoms with van der Waals surface area (Å²) in [4.78, 5) is 62.1. The number of carbonyl (C=O) groups is 3. The zero-order chi connectivity index (χ0) is 26.0. The van der Waals surface area contributed by atoms with Gasteiger partial charge in [-0.05, 0) is 19.1 Å². The van der Waals surface area contributed by atoms with Crippen molar-refractivity contribution in [1.82, 2.24) is 9.13 Å². The van der Waals surface area contributed by atoms with E-state index in [4.69, 9.17) is 15.2 Å². The number of anilines is 3. The molecule has 0 unspecified atom stereocenters. The molecule has 182 valence electrons. The van der Waals surface area contributed by atoms with E-state index in [-0.39, 0.29) is 22.7 Å². The largest absolute Gasteiger partial charge is 0.464 e. The van der Waals surface area contributed by atoms with Crippen molar-refractivity contribution < 1.29 is 29.0 Å². The Kier molecular flexibility index (Phi) is 6.76. The molecule has 3 rings (SSSR count). The lowest BCUT2D eigenvalue weighted by atomic mass is 10.1. The average molecular weight is 482 g/mol. The molecule has 35 heavy (non-hydrogen) atoms. The molecule has 12 heteroatoms. The Balaban J connectivity index is 2.39. The van der Waals surface area contributed by atoms with E-state index in [1.807, 2.05) is 0 Å². The monoisotopic (exact) mass is 482 g/mol. The molecule has 1 heterocycles. The standard InChI is InChI=1S/C23H22N4O8/c1-12-17(34-13(2)28)10-16(11-18(12)35-14(3)29)26(23(32)33)19-20(24)27(15-8-6-5-7-9-15)22(31)25(4)21(19)30/h5-11H,24H2,1-4H3,(H,32,33). The maximum atomic E-state index is 13.1. The highest BCUT2D eigenvalue weighted by molar-refractivity contribution is 5.98. The van der Waals surface area contributed by atoms with Crippen molar-refractivity contribution in [3.8, 4) is 17.2 Å². The van der Waals surface area contributed by atoms with Crippen LogP contribution >= 0.6 is 0 Å². The Morgan fingerprint density at radius 1 is 0.971 bits per heavy atom. The third-order valence-corrected chi connectivity index (χ3v) is 4.96. The Morgan fingerprint density at radius 2 is 1.49 bits per heavy atom. The number of nitrogens with two attached hydrogens (primary N) is 1. The first-order chi connectivity index (χ1) is 16.4. The number of para-hydroxylation sites is 1. The second-order valence-corrected chi connectivity index (χ2v) is 7.42. The predicted molar refractivity (Wildman–Crippen MR) is 126 cm³/mol. The fourth-order valence-electron chi connectivity index (χ4n) is 3.39. The highest BCUT2D eigenvalue weighted by atomic mass is 16.5. The molecule has 0 aliphatic rings. The van der Waals surface area contributed by atoms with Crippen molar-refractivity contribution in [3.63, 3.8) is 0 Å². The summed E-state index contributed by atoms with van der Waals surface area (Å²) in [5.41, 5.74) is 4.16. The van der Waals surface area contributed by atoms with E-state index in [0.29, 0.717) is 15.2 Å². The van der Waals surface area contributed by atoms with Crippen molar-refractivity contribution in [3.05, 3.63) is 68.9 Å². The van der Waals surface area contributed by atoms with E-state index in [1.165, 1.54) is 26.1 Å². The highest BCUT2D eigenvalue weighted by Gasteiger charge is 2.29. The molecule has 0 saturated carbocycles. The first-order valence-corrected chi connectivity index (χ1v) is 10.2. The minimum absolute atomic E-state index is 0.107. The number of esters is 2. The molecule has 1 aromatic heterocycles. The van der Waals surface area contributed by atoms with Gasteiger partial charge in [0.15, 0.2) is 5.69 Å². The van der Waals surface area contributed by atoms with E-state index in [0.717, 1.165) is 18.4 Å². The summed E-state index contributed by atoms with van der Waals surface area (Å²) in [6, 6.07) is 10.4. The van der Waals surface area contributed by atoms with E-state index in [9.17, 15) is 29.1 Å². The lowest BCUT2D eigenvalue weighted by Gasteiger charge is -2.24. The molecule has 0 aliphatic heterocycles. The molecule has 0 spiro atoms. The number of hydrogen-bond donors (Lipinski definition) is 2. The Morgan fingerprint density at radius 3 is 1.94 bits per heavy atom. The molecule has 0 radical (unpaired) electrons. The number of rotatable bonds is 5. The SMILES string of the molecule is CC(=O)Oc1cc(N(C(=O)O)c2c(N)n(-c3ccccc3)c(=O)n(C)c2=O)cc(OC(C)=O)c1C. The fraction of sp³-hybridized carbons (Fsp3) is 0.174. The molecule has 0 aliphatic carbocycles. The van der Waals surface area contributed by atoms with Gasteiger partial charge in [-0.25, -0.2) is 19.1 Å². The fourth-order valence-corrected chi connectivity index (χ4v) is 3.39. The Bertz CT molecular complexity index is 1420. The Hall–Kier alpha value is -4.87. The summed E-state index contributed by atoms with van der Waals surface area (Å²) in [5.74, 6) is -2.09. The van der Waals surface area contributed by atoms with Crippen molar-refractivity contribution in [2.75, 3.05) is 10.6 Å². The van der Waals surface area contributed by atoms with E-state index < -0.39 is 40.8 Å². The number of carboxylic acid groups (broad SMARTS) is 1. The van der Waals surface area contributed by atoms with Gasteiger partial charge in [0, 0.05) is 38.6 Å². The summed E-state index contributed by atoms with van der Waals surface area (Å²) in [7, 11) is 1.18. The summed E-state index contributed by atoms with van der Waals surface area (Å²) in [5, 5.41) is 10.1. The molecule has 0 atom stereocenters. The van der Waals surface area contributed by atoms with Crippen LogP contribution in [-0.2, 0) is 16.6 Å². The second kappa shape index (κ2) is 9.55. The maximum Gasteiger partial charge on any atom is 0.416 e. The van der Waals surface area contributed by atoms with Gasteiger partial charge in [-0.2, -0.15) is 0 Å². The second-order valence-electron chi connectivity index (χ2n) is 7.42. The zero-order valence-corrected chi connectivity index (χ0v) is 19.3. The third kappa shape index (κ3) is 4.76. The van der Waals surface area contributed by atoms with Gasteiger partial charge in [0.2, 0.25) is 0 Å². The molecule has 0 saturated heterocycles. The summed E-state index contributed by atoms with van der Waals surface area (Å²) < 4.78 is 12.0. The van der Waals surface area contributed by atoms with Crippen LogP contribution in [0.5, 0.6) is 11.5 Å². The lowest BCUT2D eigenvalue weighted by Crippen LogP contribution is -2.43. The number of amides is 1. The average Bonchev–Trinajstić information content (AvgIpc) is 2.78. The number of nitrogen functional groups attached to an aromatic ring is 1. The van der Waals surface area contributed by atoms with Gasteiger partial charge in [-0.1, -0.05) is 18.2 Å². The van der Waals surface area contributed by atoms with E-state index in [2.05, 4.69) is 0 Å². The van der Waals surface area contributed by atoms with Crippen molar-refractivity contribution in [2.45, 2.75) is 20.8 Å². The smallest absolute Gasteiger partial charge is 0.416 e. The normalized spacial score (nSPS) is 10.5. The zero-order valence-electron chi connectivity index (χ0n) is 19.3. The first-order valence-electron chi connectivity index (χ1n) is 10.2. The molecule has 0 bridgehead atoms. The molecule has 3 N–H and O–H groups in total. The molecular formula is C23H22N4O8. The number of ether oxygens (including phenoxy) is 2. The number of carbonyl (C=O) groups excluding carboxylic acids is 2. The van der Waals surface area contributed by atoms with Gasteiger partial charge in [0.05, 0.1) is 11.4 Å².